The van der Waals surface area contributed by atoms with E-state index >= 15 is 0 Å². The number of thioether (sulfide) groups is 1. The average Bonchev–Trinajstić information content (AvgIpc) is 2.90. The Morgan fingerprint density at radius 2 is 2.21 bits per heavy atom. The third-order valence-electron chi connectivity index (χ3n) is 2.83. The van der Waals surface area contributed by atoms with Gasteiger partial charge in [-0.15, -0.1) is 11.8 Å². The smallest absolute Gasteiger partial charge is 0.237 e. The van der Waals surface area contributed by atoms with E-state index in [0.29, 0.717) is 5.78 Å². The van der Waals surface area contributed by atoms with Crippen molar-refractivity contribution in [3.63, 3.8) is 0 Å². The Balaban J connectivity index is 2.15. The maximum atomic E-state index is 5.44. The summed E-state index contributed by atoms with van der Waals surface area (Å²) in [6.07, 6.45) is 7.10. The molecular formula is C13H12N4OS. The molecule has 5 nitrogen and oxygen atoms in total. The Morgan fingerprint density at radius 3 is 2.95 bits per heavy atom. The molecule has 0 amide bonds. The Labute approximate surface area is 114 Å². The molecule has 6 heteroatoms. The van der Waals surface area contributed by atoms with Gasteiger partial charge in [0.05, 0.1) is 12.8 Å². The lowest BCUT2D eigenvalue weighted by atomic mass is 10.1. The number of aromatic nitrogens is 4. The first kappa shape index (κ1) is 12.0. The number of nitrogens with zero attached hydrogens (tertiary/aromatic N) is 4. The van der Waals surface area contributed by atoms with Crippen LogP contribution in [0.4, 0.5) is 0 Å². The molecule has 19 heavy (non-hydrogen) atoms. The van der Waals surface area contributed by atoms with Crippen molar-refractivity contribution >= 4 is 17.5 Å². The Morgan fingerprint density at radius 1 is 1.32 bits per heavy atom. The van der Waals surface area contributed by atoms with Crippen molar-refractivity contribution < 1.29 is 4.74 Å². The van der Waals surface area contributed by atoms with Crippen LogP contribution in [-0.2, 0) is 0 Å². The number of hydrogen-bond acceptors (Lipinski definition) is 5. The highest BCUT2D eigenvalue weighted by Crippen LogP contribution is 2.32. The van der Waals surface area contributed by atoms with Gasteiger partial charge in [-0.1, -0.05) is 0 Å². The molecule has 0 radical (unpaired) electrons. The molecular weight excluding hydrogens is 260 g/mol. The van der Waals surface area contributed by atoms with Crippen LogP contribution < -0.4 is 4.74 Å². The molecule has 0 bridgehead atoms. The van der Waals surface area contributed by atoms with Gasteiger partial charge >= 0.3 is 0 Å². The van der Waals surface area contributed by atoms with E-state index in [1.807, 2.05) is 24.6 Å². The molecule has 0 unspecified atom stereocenters. The van der Waals surface area contributed by atoms with Crippen LogP contribution in [0.3, 0.4) is 0 Å². The van der Waals surface area contributed by atoms with Gasteiger partial charge in [-0.05, 0) is 24.5 Å². The van der Waals surface area contributed by atoms with Gasteiger partial charge in [-0.2, -0.15) is 0 Å². The summed E-state index contributed by atoms with van der Waals surface area (Å²) in [5.74, 6) is 1.43. The summed E-state index contributed by atoms with van der Waals surface area (Å²) in [6.45, 7) is 0. The first-order chi connectivity index (χ1) is 9.31. The number of methoxy groups -OCH3 is 1. The predicted molar refractivity (Wildman–Crippen MR) is 74.6 cm³/mol. The summed E-state index contributed by atoms with van der Waals surface area (Å²) in [4.78, 5) is 13.7. The topological polar surface area (TPSA) is 52.3 Å². The second-order valence-corrected chi connectivity index (χ2v) is 4.79. The van der Waals surface area contributed by atoms with Gasteiger partial charge in [-0.25, -0.2) is 15.0 Å². The van der Waals surface area contributed by atoms with E-state index in [-0.39, 0.29) is 0 Å². The molecule has 0 saturated carbocycles. The van der Waals surface area contributed by atoms with Gasteiger partial charge in [0.25, 0.3) is 0 Å². The molecule has 0 aliphatic rings. The van der Waals surface area contributed by atoms with Crippen molar-refractivity contribution in [2.24, 2.45) is 0 Å². The second kappa shape index (κ2) is 4.89. The highest BCUT2D eigenvalue weighted by atomic mass is 32.2. The molecule has 2 heterocycles. The zero-order chi connectivity index (χ0) is 13.2. The number of hydrogen-bond donors (Lipinski definition) is 0. The van der Waals surface area contributed by atoms with Gasteiger partial charge in [0, 0.05) is 16.7 Å². The fourth-order valence-electron chi connectivity index (χ4n) is 1.89. The van der Waals surface area contributed by atoms with E-state index in [0.717, 1.165) is 21.9 Å². The SMILES string of the molecule is COc1cc(SC)ccc1-c1cn2cncnc2n1. The maximum Gasteiger partial charge on any atom is 0.237 e. The fraction of sp³-hybridized carbons (Fsp3) is 0.154. The van der Waals surface area contributed by atoms with E-state index in [2.05, 4.69) is 21.0 Å². The molecule has 0 spiro atoms. The minimum Gasteiger partial charge on any atom is -0.496 e. The zero-order valence-corrected chi connectivity index (χ0v) is 11.4. The van der Waals surface area contributed by atoms with Crippen LogP contribution in [0, 0.1) is 0 Å². The summed E-state index contributed by atoms with van der Waals surface area (Å²) in [5.41, 5.74) is 1.77. The van der Waals surface area contributed by atoms with Crippen molar-refractivity contribution in [2.75, 3.05) is 13.4 Å². The van der Waals surface area contributed by atoms with Crippen molar-refractivity contribution in [1.29, 1.82) is 0 Å². The zero-order valence-electron chi connectivity index (χ0n) is 10.6. The largest absolute Gasteiger partial charge is 0.496 e. The predicted octanol–water partition coefficient (Wildman–Crippen LogP) is 2.52. The summed E-state index contributed by atoms with van der Waals surface area (Å²) in [7, 11) is 1.67. The Hall–Kier alpha value is -2.08. The van der Waals surface area contributed by atoms with Crippen LogP contribution in [0.1, 0.15) is 0 Å². The number of imidazole rings is 1. The van der Waals surface area contributed by atoms with Gasteiger partial charge in [0.2, 0.25) is 5.78 Å². The maximum absolute atomic E-state index is 5.44. The Kier molecular flexibility index (Phi) is 3.08. The van der Waals surface area contributed by atoms with E-state index in [1.165, 1.54) is 6.33 Å². The standard InChI is InChI=1S/C13H12N4OS/c1-18-12-5-9(19-2)3-4-10(12)11-6-17-8-14-7-15-13(17)16-11/h3-8H,1-2H3. The van der Waals surface area contributed by atoms with Crippen molar-refractivity contribution in [2.45, 2.75) is 4.90 Å². The second-order valence-electron chi connectivity index (χ2n) is 3.91. The summed E-state index contributed by atoms with van der Waals surface area (Å²) in [6, 6.07) is 6.08. The third-order valence-corrected chi connectivity index (χ3v) is 3.55. The van der Waals surface area contributed by atoms with E-state index in [4.69, 9.17) is 4.74 Å². The monoisotopic (exact) mass is 272 g/mol. The highest BCUT2D eigenvalue weighted by Gasteiger charge is 2.11. The van der Waals surface area contributed by atoms with Crippen LogP contribution in [0.25, 0.3) is 17.0 Å². The first-order valence-corrected chi connectivity index (χ1v) is 6.91. The number of ether oxygens (including phenoxy) is 1. The van der Waals surface area contributed by atoms with E-state index in [1.54, 1.807) is 29.6 Å². The molecule has 3 rings (SSSR count). The molecule has 1 aromatic carbocycles. The van der Waals surface area contributed by atoms with Gasteiger partial charge in [0.15, 0.2) is 0 Å². The third kappa shape index (κ3) is 2.15. The summed E-state index contributed by atoms with van der Waals surface area (Å²) >= 11 is 1.68. The van der Waals surface area contributed by atoms with Gasteiger partial charge in [-0.3, -0.25) is 4.40 Å². The molecule has 96 valence electrons. The van der Waals surface area contributed by atoms with Crippen LogP contribution in [0.15, 0.2) is 41.9 Å². The molecule has 3 aromatic rings. The average molecular weight is 272 g/mol. The fourth-order valence-corrected chi connectivity index (χ4v) is 2.32. The molecule has 0 atom stereocenters. The van der Waals surface area contributed by atoms with Gasteiger partial charge < -0.3 is 4.74 Å². The van der Waals surface area contributed by atoms with Crippen LogP contribution in [-0.4, -0.2) is 32.7 Å². The summed E-state index contributed by atoms with van der Waals surface area (Å²) < 4.78 is 7.23. The number of rotatable bonds is 3. The molecule has 0 N–H and O–H groups in total. The van der Waals surface area contributed by atoms with Crippen molar-refractivity contribution in [3.05, 3.63) is 37.1 Å². The first-order valence-electron chi connectivity index (χ1n) is 5.69. The lowest BCUT2D eigenvalue weighted by Gasteiger charge is -2.07. The lowest BCUT2D eigenvalue weighted by molar-refractivity contribution is 0.415. The minimum absolute atomic E-state index is 0.626. The van der Waals surface area contributed by atoms with Crippen molar-refractivity contribution in [3.8, 4) is 17.0 Å². The quantitative estimate of drug-likeness (QED) is 0.686. The molecule has 0 saturated heterocycles. The van der Waals surface area contributed by atoms with Crippen LogP contribution in [0.5, 0.6) is 5.75 Å². The molecule has 0 aliphatic carbocycles. The van der Waals surface area contributed by atoms with Gasteiger partial charge in [0.1, 0.15) is 18.4 Å². The summed E-state index contributed by atoms with van der Waals surface area (Å²) in [5, 5.41) is 0. The lowest BCUT2D eigenvalue weighted by Crippen LogP contribution is -1.88. The van der Waals surface area contributed by atoms with E-state index in [9.17, 15) is 0 Å². The van der Waals surface area contributed by atoms with Crippen LogP contribution in [0.2, 0.25) is 0 Å². The highest BCUT2D eigenvalue weighted by molar-refractivity contribution is 7.98. The minimum atomic E-state index is 0.626. The normalized spacial score (nSPS) is 10.8. The molecule has 0 fully saturated rings. The Bertz CT molecular complexity index is 692. The number of benzene rings is 1. The number of fused-ring (bicyclic) bond motifs is 1. The van der Waals surface area contributed by atoms with Crippen molar-refractivity contribution in [1.82, 2.24) is 19.4 Å². The van der Waals surface area contributed by atoms with Crippen LogP contribution >= 0.6 is 11.8 Å². The molecule has 0 aliphatic heterocycles. The van der Waals surface area contributed by atoms with E-state index < -0.39 is 0 Å². The molecule has 2 aromatic heterocycles.